The van der Waals surface area contributed by atoms with Crippen LogP contribution in [0.15, 0.2) is 42.0 Å². The Morgan fingerprint density at radius 3 is 2.47 bits per heavy atom. The monoisotopic (exact) mass is 470 g/mol. The molecular weight excluding hydrogens is 432 g/mol. The highest BCUT2D eigenvalue weighted by molar-refractivity contribution is 5.89. The highest BCUT2D eigenvalue weighted by atomic mass is 16.7. The van der Waals surface area contributed by atoms with Crippen LogP contribution in [0.5, 0.6) is 0 Å². The van der Waals surface area contributed by atoms with Crippen LogP contribution in [-0.2, 0) is 23.7 Å². The van der Waals surface area contributed by atoms with E-state index in [1.165, 1.54) is 18.4 Å². The first-order valence-corrected chi connectivity index (χ1v) is 13.2. The van der Waals surface area contributed by atoms with Crippen molar-refractivity contribution in [1.29, 1.82) is 0 Å². The van der Waals surface area contributed by atoms with Crippen molar-refractivity contribution in [3.05, 3.63) is 47.5 Å². The number of carbonyl (C=O) groups excluding carboxylic acids is 1. The van der Waals surface area contributed by atoms with Crippen LogP contribution in [0, 0.1) is 17.8 Å². The summed E-state index contributed by atoms with van der Waals surface area (Å²) in [5, 5.41) is 0. The Hall–Kier alpha value is -1.73. The van der Waals surface area contributed by atoms with E-state index >= 15 is 0 Å². The van der Waals surface area contributed by atoms with Gasteiger partial charge in [0.15, 0.2) is 12.6 Å². The van der Waals surface area contributed by atoms with Crippen molar-refractivity contribution in [2.45, 2.75) is 76.5 Å². The molecule has 1 aromatic rings. The molecule has 34 heavy (non-hydrogen) atoms. The molecule has 3 fully saturated rings. The summed E-state index contributed by atoms with van der Waals surface area (Å²) in [6, 6.07) is 9.19. The number of rotatable bonds is 9. The highest BCUT2D eigenvalue weighted by Crippen LogP contribution is 2.49. The SMILES string of the molecule is O=C(OCCC1=C[C@@H]2C[C@H](OC3CCCCO3)[C@@H](COC3CCCCO3)[C@@H]2C1)c1ccccc1. The smallest absolute Gasteiger partial charge is 0.338 e. The molecular formula is C28H38O6. The quantitative estimate of drug-likeness (QED) is 0.362. The van der Waals surface area contributed by atoms with Gasteiger partial charge in [-0.3, -0.25) is 0 Å². The average Bonchev–Trinajstić information content (AvgIpc) is 3.41. The van der Waals surface area contributed by atoms with Gasteiger partial charge in [-0.1, -0.05) is 29.8 Å². The first-order chi connectivity index (χ1) is 16.8. The minimum atomic E-state index is -0.251. The maximum atomic E-state index is 12.2. The van der Waals surface area contributed by atoms with Crippen molar-refractivity contribution in [2.24, 2.45) is 17.8 Å². The van der Waals surface area contributed by atoms with E-state index in [2.05, 4.69) is 6.08 Å². The number of esters is 1. The van der Waals surface area contributed by atoms with Crippen LogP contribution in [0.25, 0.3) is 0 Å². The number of fused-ring (bicyclic) bond motifs is 1. The molecule has 4 aliphatic rings. The lowest BCUT2D eigenvalue weighted by molar-refractivity contribution is -0.211. The molecule has 2 heterocycles. The zero-order valence-corrected chi connectivity index (χ0v) is 20.1. The second-order valence-corrected chi connectivity index (χ2v) is 10.1. The van der Waals surface area contributed by atoms with Gasteiger partial charge in [0.05, 0.1) is 24.9 Å². The predicted molar refractivity (Wildman–Crippen MR) is 127 cm³/mol. The molecule has 2 aliphatic carbocycles. The summed E-state index contributed by atoms with van der Waals surface area (Å²) in [5.74, 6) is 1.09. The normalized spacial score (nSPS) is 33.4. The zero-order valence-electron chi connectivity index (χ0n) is 20.1. The van der Waals surface area contributed by atoms with Crippen LogP contribution >= 0.6 is 0 Å². The molecule has 1 saturated carbocycles. The Balaban J connectivity index is 1.15. The van der Waals surface area contributed by atoms with Crippen molar-refractivity contribution in [1.82, 2.24) is 0 Å². The molecule has 0 bridgehead atoms. The van der Waals surface area contributed by atoms with E-state index in [1.54, 1.807) is 12.1 Å². The lowest BCUT2D eigenvalue weighted by Gasteiger charge is -2.32. The summed E-state index contributed by atoms with van der Waals surface area (Å²) < 4.78 is 30.0. The number of allylic oxidation sites excluding steroid dienone is 1. The Labute approximate surface area is 202 Å². The molecule has 2 unspecified atom stereocenters. The van der Waals surface area contributed by atoms with Gasteiger partial charge in [-0.2, -0.15) is 0 Å². The van der Waals surface area contributed by atoms with E-state index in [-0.39, 0.29) is 24.7 Å². The highest BCUT2D eigenvalue weighted by Gasteiger charge is 2.47. The summed E-state index contributed by atoms with van der Waals surface area (Å²) in [6.45, 7) is 2.69. The third kappa shape index (κ3) is 6.09. The topological polar surface area (TPSA) is 63.2 Å². The molecule has 0 spiro atoms. The van der Waals surface area contributed by atoms with Gasteiger partial charge >= 0.3 is 5.97 Å². The van der Waals surface area contributed by atoms with Crippen molar-refractivity contribution >= 4 is 5.97 Å². The molecule has 6 heteroatoms. The molecule has 1 aromatic carbocycles. The summed E-state index contributed by atoms with van der Waals surface area (Å²) in [5.41, 5.74) is 1.99. The maximum absolute atomic E-state index is 12.2. The number of carbonyl (C=O) groups is 1. The molecule has 0 N–H and O–H groups in total. The van der Waals surface area contributed by atoms with Gasteiger partial charge in [0.2, 0.25) is 0 Å². The molecule has 186 valence electrons. The van der Waals surface area contributed by atoms with Crippen molar-refractivity contribution in [3.8, 4) is 0 Å². The third-order valence-electron chi connectivity index (χ3n) is 7.77. The Bertz CT molecular complexity index is 811. The Morgan fingerprint density at radius 2 is 1.74 bits per heavy atom. The van der Waals surface area contributed by atoms with Crippen LogP contribution in [-0.4, -0.2) is 51.1 Å². The summed E-state index contributed by atoms with van der Waals surface area (Å²) in [7, 11) is 0. The maximum Gasteiger partial charge on any atom is 0.338 e. The predicted octanol–water partition coefficient (Wildman–Crippen LogP) is 5.27. The second kappa shape index (κ2) is 11.8. The molecule has 0 amide bonds. The van der Waals surface area contributed by atoms with Crippen molar-refractivity contribution in [3.63, 3.8) is 0 Å². The van der Waals surface area contributed by atoms with Gasteiger partial charge in [-0.05, 0) is 75.3 Å². The number of hydrogen-bond donors (Lipinski definition) is 0. The largest absolute Gasteiger partial charge is 0.462 e. The molecule has 6 nitrogen and oxygen atoms in total. The van der Waals surface area contributed by atoms with Crippen LogP contribution < -0.4 is 0 Å². The third-order valence-corrected chi connectivity index (χ3v) is 7.77. The Kier molecular flexibility index (Phi) is 8.33. The molecule has 0 radical (unpaired) electrons. The standard InChI is InChI=1S/C28H38O6/c29-28(21-8-2-1-3-9-21)32-15-12-20-16-22-18-25(34-27-11-5-7-14-31-27)24(23(22)17-20)19-33-26-10-4-6-13-30-26/h1-3,8-9,16,22-27H,4-7,10-15,17-19H2/t22-,23-,24+,25+,26?,27?/m1/s1. The lowest BCUT2D eigenvalue weighted by atomic mass is 9.90. The van der Waals surface area contributed by atoms with Crippen molar-refractivity contribution in [2.75, 3.05) is 26.4 Å². The second-order valence-electron chi connectivity index (χ2n) is 10.1. The first-order valence-electron chi connectivity index (χ1n) is 13.2. The Morgan fingerprint density at radius 1 is 0.971 bits per heavy atom. The fourth-order valence-corrected chi connectivity index (χ4v) is 5.96. The number of hydrogen-bond acceptors (Lipinski definition) is 6. The van der Waals surface area contributed by atoms with Gasteiger partial charge in [-0.25, -0.2) is 4.79 Å². The van der Waals surface area contributed by atoms with Gasteiger partial charge in [0.1, 0.15) is 0 Å². The van der Waals surface area contributed by atoms with Gasteiger partial charge < -0.3 is 23.7 Å². The minimum Gasteiger partial charge on any atom is -0.462 e. The van der Waals surface area contributed by atoms with Crippen LogP contribution in [0.1, 0.15) is 68.1 Å². The van der Waals surface area contributed by atoms with E-state index in [1.807, 2.05) is 18.2 Å². The van der Waals surface area contributed by atoms with Crippen LogP contribution in [0.2, 0.25) is 0 Å². The minimum absolute atomic E-state index is 0.0770. The van der Waals surface area contributed by atoms with E-state index < -0.39 is 0 Å². The fraction of sp³-hybridized carbons (Fsp3) is 0.679. The van der Waals surface area contributed by atoms with Gasteiger partial charge in [0.25, 0.3) is 0 Å². The fourth-order valence-electron chi connectivity index (χ4n) is 5.96. The molecule has 2 saturated heterocycles. The molecule has 6 atom stereocenters. The summed E-state index contributed by atoms with van der Waals surface area (Å²) in [4.78, 5) is 12.2. The van der Waals surface area contributed by atoms with Crippen molar-refractivity contribution < 1.29 is 28.5 Å². The van der Waals surface area contributed by atoms with E-state index in [0.717, 1.165) is 58.2 Å². The van der Waals surface area contributed by atoms with E-state index in [9.17, 15) is 4.79 Å². The van der Waals surface area contributed by atoms with Crippen LogP contribution in [0.4, 0.5) is 0 Å². The summed E-state index contributed by atoms with van der Waals surface area (Å²) in [6.07, 6.45) is 11.8. The molecule has 2 aliphatic heterocycles. The molecule has 5 rings (SSSR count). The lowest BCUT2D eigenvalue weighted by Crippen LogP contribution is -2.35. The summed E-state index contributed by atoms with van der Waals surface area (Å²) >= 11 is 0. The first kappa shape index (κ1) is 24.0. The van der Waals surface area contributed by atoms with Crippen LogP contribution in [0.3, 0.4) is 0 Å². The average molecular weight is 471 g/mol. The number of benzene rings is 1. The molecule has 0 aromatic heterocycles. The van der Waals surface area contributed by atoms with E-state index in [4.69, 9.17) is 23.7 Å². The van der Waals surface area contributed by atoms with Gasteiger partial charge in [0, 0.05) is 25.6 Å². The zero-order chi connectivity index (χ0) is 23.2. The van der Waals surface area contributed by atoms with Gasteiger partial charge in [-0.15, -0.1) is 0 Å². The number of ether oxygens (including phenoxy) is 5. The van der Waals surface area contributed by atoms with E-state index in [0.29, 0.717) is 36.5 Å².